The van der Waals surface area contributed by atoms with Crippen molar-refractivity contribution in [3.63, 3.8) is 0 Å². The zero-order valence-electron chi connectivity index (χ0n) is 9.51. The van der Waals surface area contributed by atoms with Crippen LogP contribution in [0.1, 0.15) is 31.2 Å². The highest BCUT2D eigenvalue weighted by atomic mass is 19.1. The molecule has 2 aliphatic rings. The van der Waals surface area contributed by atoms with Gasteiger partial charge in [-0.15, -0.1) is 0 Å². The second-order valence-electron chi connectivity index (χ2n) is 5.16. The summed E-state index contributed by atoms with van der Waals surface area (Å²) in [6.07, 6.45) is 4.76. The molecule has 0 aromatic heterocycles. The Morgan fingerprint density at radius 2 is 1.81 bits per heavy atom. The fourth-order valence-corrected chi connectivity index (χ4v) is 3.27. The van der Waals surface area contributed by atoms with Crippen molar-refractivity contribution >= 4 is 0 Å². The molecule has 1 N–H and O–H groups in total. The van der Waals surface area contributed by atoms with Crippen LogP contribution in [0.4, 0.5) is 4.39 Å². The predicted molar refractivity (Wildman–Crippen MR) is 62.9 cm³/mol. The van der Waals surface area contributed by atoms with Crippen LogP contribution in [0.15, 0.2) is 24.3 Å². The van der Waals surface area contributed by atoms with Gasteiger partial charge < -0.3 is 5.32 Å². The average molecular weight is 219 g/mol. The average Bonchev–Trinajstić information content (AvgIpc) is 3.12. The van der Waals surface area contributed by atoms with Gasteiger partial charge in [0.2, 0.25) is 0 Å². The summed E-state index contributed by atoms with van der Waals surface area (Å²) in [5.41, 5.74) is 1.16. The number of rotatable bonds is 2. The van der Waals surface area contributed by atoms with Crippen LogP contribution in [0.25, 0.3) is 0 Å². The molecule has 2 heteroatoms. The van der Waals surface area contributed by atoms with E-state index in [0.29, 0.717) is 5.92 Å². The first-order chi connectivity index (χ1) is 7.83. The Kier molecular flexibility index (Phi) is 2.47. The smallest absolute Gasteiger partial charge is 0.126 e. The van der Waals surface area contributed by atoms with Gasteiger partial charge in [0.25, 0.3) is 0 Å². The van der Waals surface area contributed by atoms with Crippen molar-refractivity contribution < 1.29 is 4.39 Å². The van der Waals surface area contributed by atoms with Crippen molar-refractivity contribution in [3.8, 4) is 0 Å². The Labute approximate surface area is 96.1 Å². The second-order valence-corrected chi connectivity index (χ2v) is 5.16. The van der Waals surface area contributed by atoms with Crippen LogP contribution in [0, 0.1) is 11.7 Å². The molecule has 0 radical (unpaired) electrons. The molecule has 0 spiro atoms. The summed E-state index contributed by atoms with van der Waals surface area (Å²) < 4.78 is 13.9. The van der Waals surface area contributed by atoms with Crippen molar-refractivity contribution in [2.45, 2.75) is 31.1 Å². The first kappa shape index (κ1) is 10.3. The van der Waals surface area contributed by atoms with Crippen molar-refractivity contribution in [1.29, 1.82) is 0 Å². The fourth-order valence-electron chi connectivity index (χ4n) is 3.27. The van der Waals surface area contributed by atoms with Crippen LogP contribution in [0.5, 0.6) is 0 Å². The van der Waals surface area contributed by atoms with Crippen LogP contribution in [0.2, 0.25) is 0 Å². The molecule has 1 saturated carbocycles. The molecular weight excluding hydrogens is 201 g/mol. The van der Waals surface area contributed by atoms with E-state index in [4.69, 9.17) is 0 Å². The highest BCUT2D eigenvalue weighted by Crippen LogP contribution is 2.56. The minimum atomic E-state index is -0.00136. The number of benzene rings is 1. The van der Waals surface area contributed by atoms with E-state index in [1.807, 2.05) is 12.1 Å². The van der Waals surface area contributed by atoms with Crippen LogP contribution < -0.4 is 5.32 Å². The molecule has 1 aliphatic heterocycles. The summed E-state index contributed by atoms with van der Waals surface area (Å²) >= 11 is 0. The first-order valence-corrected chi connectivity index (χ1v) is 6.29. The molecule has 1 aromatic rings. The van der Waals surface area contributed by atoms with E-state index >= 15 is 0 Å². The lowest BCUT2D eigenvalue weighted by Crippen LogP contribution is -2.34. The summed E-state index contributed by atoms with van der Waals surface area (Å²) in [6.45, 7) is 2.20. The maximum atomic E-state index is 13.9. The minimum absolute atomic E-state index is 0.00136. The third-order valence-electron chi connectivity index (χ3n) is 4.32. The van der Waals surface area contributed by atoms with E-state index in [0.717, 1.165) is 18.7 Å². The zero-order chi connectivity index (χ0) is 11.0. The standard InChI is InChI=1S/C14H18FN/c15-13-4-2-1-3-12(13)14(7-8-14)11-5-9-16-10-6-11/h1-4,11,16H,5-10H2. The van der Waals surface area contributed by atoms with Gasteiger partial charge in [0.05, 0.1) is 0 Å². The predicted octanol–water partition coefficient (Wildman–Crippen LogP) is 2.86. The number of hydrogen-bond donors (Lipinski definition) is 1. The second kappa shape index (κ2) is 3.85. The highest BCUT2D eigenvalue weighted by molar-refractivity contribution is 5.34. The Hall–Kier alpha value is -0.890. The number of piperidine rings is 1. The summed E-state index contributed by atoms with van der Waals surface area (Å²) in [7, 11) is 0. The Bertz CT molecular complexity index is 378. The van der Waals surface area contributed by atoms with Crippen molar-refractivity contribution in [2.75, 3.05) is 13.1 Å². The van der Waals surface area contributed by atoms with Crippen molar-refractivity contribution in [2.24, 2.45) is 5.92 Å². The maximum Gasteiger partial charge on any atom is 0.126 e. The first-order valence-electron chi connectivity index (χ1n) is 6.29. The van der Waals surface area contributed by atoms with Gasteiger partial charge in [0.15, 0.2) is 0 Å². The van der Waals surface area contributed by atoms with Crippen LogP contribution in [-0.2, 0) is 5.41 Å². The molecule has 0 amide bonds. The molecule has 1 aliphatic carbocycles. The number of halogens is 1. The lowest BCUT2D eigenvalue weighted by atomic mass is 9.77. The fraction of sp³-hybridized carbons (Fsp3) is 0.571. The van der Waals surface area contributed by atoms with E-state index in [9.17, 15) is 4.39 Å². The Morgan fingerprint density at radius 1 is 1.12 bits per heavy atom. The van der Waals surface area contributed by atoms with Gasteiger partial charge in [-0.05, 0) is 56.3 Å². The van der Waals surface area contributed by atoms with Gasteiger partial charge in [0, 0.05) is 5.41 Å². The van der Waals surface area contributed by atoms with E-state index < -0.39 is 0 Å². The molecule has 16 heavy (non-hydrogen) atoms. The van der Waals surface area contributed by atoms with E-state index in [2.05, 4.69) is 5.32 Å². The molecule has 1 saturated heterocycles. The van der Waals surface area contributed by atoms with E-state index in [1.165, 1.54) is 25.7 Å². The van der Waals surface area contributed by atoms with Gasteiger partial charge in [0.1, 0.15) is 5.82 Å². The third kappa shape index (κ3) is 1.56. The molecule has 0 atom stereocenters. The lowest BCUT2D eigenvalue weighted by molar-refractivity contribution is 0.297. The van der Waals surface area contributed by atoms with Gasteiger partial charge in [-0.25, -0.2) is 4.39 Å². The monoisotopic (exact) mass is 219 g/mol. The number of nitrogens with one attached hydrogen (secondary N) is 1. The van der Waals surface area contributed by atoms with E-state index in [-0.39, 0.29) is 11.2 Å². The van der Waals surface area contributed by atoms with Gasteiger partial charge in [-0.3, -0.25) is 0 Å². The normalized spacial score (nSPS) is 24.3. The lowest BCUT2D eigenvalue weighted by Gasteiger charge is -2.31. The van der Waals surface area contributed by atoms with Gasteiger partial charge in [-0.2, -0.15) is 0 Å². The van der Waals surface area contributed by atoms with Gasteiger partial charge >= 0.3 is 0 Å². The van der Waals surface area contributed by atoms with Crippen LogP contribution in [-0.4, -0.2) is 13.1 Å². The Balaban J connectivity index is 1.90. The number of hydrogen-bond acceptors (Lipinski definition) is 1. The largest absolute Gasteiger partial charge is 0.317 e. The molecule has 1 aromatic carbocycles. The molecule has 86 valence electrons. The topological polar surface area (TPSA) is 12.0 Å². The Morgan fingerprint density at radius 3 is 2.44 bits per heavy atom. The van der Waals surface area contributed by atoms with Crippen molar-refractivity contribution in [3.05, 3.63) is 35.6 Å². The summed E-state index contributed by atoms with van der Waals surface area (Å²) in [5, 5.41) is 3.39. The van der Waals surface area contributed by atoms with Crippen molar-refractivity contribution in [1.82, 2.24) is 5.32 Å². The third-order valence-corrected chi connectivity index (χ3v) is 4.32. The van der Waals surface area contributed by atoms with E-state index in [1.54, 1.807) is 12.1 Å². The minimum Gasteiger partial charge on any atom is -0.317 e. The molecule has 0 unspecified atom stereocenters. The van der Waals surface area contributed by atoms with Crippen LogP contribution >= 0.6 is 0 Å². The molecule has 1 nitrogen and oxygen atoms in total. The zero-order valence-corrected chi connectivity index (χ0v) is 9.51. The van der Waals surface area contributed by atoms with Gasteiger partial charge in [-0.1, -0.05) is 18.2 Å². The summed E-state index contributed by atoms with van der Waals surface area (Å²) in [6, 6.07) is 7.36. The quantitative estimate of drug-likeness (QED) is 0.806. The summed E-state index contributed by atoms with van der Waals surface area (Å²) in [4.78, 5) is 0. The molecule has 2 fully saturated rings. The van der Waals surface area contributed by atoms with Crippen LogP contribution in [0.3, 0.4) is 0 Å². The molecule has 1 heterocycles. The maximum absolute atomic E-state index is 13.9. The molecule has 0 bridgehead atoms. The highest BCUT2D eigenvalue weighted by Gasteiger charge is 2.51. The summed E-state index contributed by atoms with van der Waals surface area (Å²) in [5.74, 6) is 0.684. The molecule has 3 rings (SSSR count). The SMILES string of the molecule is Fc1ccccc1C1(C2CCNCC2)CC1. The molecular formula is C14H18FN.